The summed E-state index contributed by atoms with van der Waals surface area (Å²) in [4.78, 5) is 4.17. The Hall–Kier alpha value is -1.49. The number of aromatic nitrogens is 1. The number of nitrogens with zero attached hydrogens (tertiary/aromatic N) is 1. The summed E-state index contributed by atoms with van der Waals surface area (Å²) >= 11 is 0. The van der Waals surface area contributed by atoms with Crippen molar-refractivity contribution < 1.29 is 64.5 Å². The van der Waals surface area contributed by atoms with E-state index < -0.39 is 111 Å². The molecular formula is C24H40N4O13. The molecule has 1 aromatic rings. The molecule has 234 valence electrons. The Bertz CT molecular complexity index is 967. The molecule has 3 aliphatic heterocycles. The van der Waals surface area contributed by atoms with Crippen molar-refractivity contribution in [2.45, 2.75) is 97.8 Å². The van der Waals surface area contributed by atoms with Crippen LogP contribution in [0.5, 0.6) is 0 Å². The minimum atomic E-state index is -1.79. The van der Waals surface area contributed by atoms with Gasteiger partial charge in [-0.3, -0.25) is 4.98 Å². The van der Waals surface area contributed by atoms with Gasteiger partial charge in [-0.15, -0.1) is 0 Å². The summed E-state index contributed by atoms with van der Waals surface area (Å²) in [5, 5.41) is 82.9. The van der Waals surface area contributed by atoms with Gasteiger partial charge in [-0.25, -0.2) is 0 Å². The monoisotopic (exact) mass is 592 g/mol. The first-order valence-electron chi connectivity index (χ1n) is 13.2. The highest BCUT2D eigenvalue weighted by Gasteiger charge is 2.56. The van der Waals surface area contributed by atoms with Crippen molar-refractivity contribution in [2.24, 2.45) is 17.2 Å². The summed E-state index contributed by atoms with van der Waals surface area (Å²) in [6, 6.07) is 0.973. The summed E-state index contributed by atoms with van der Waals surface area (Å²) in [6.07, 6.45) is -14.9. The van der Waals surface area contributed by atoms with E-state index in [1.807, 2.05) is 0 Å². The lowest BCUT2D eigenvalue weighted by atomic mass is 9.83. The van der Waals surface area contributed by atoms with Crippen LogP contribution < -0.4 is 17.2 Å². The van der Waals surface area contributed by atoms with Gasteiger partial charge in [0.1, 0.15) is 54.4 Å². The zero-order valence-corrected chi connectivity index (χ0v) is 22.0. The number of pyridine rings is 1. The molecule has 14 N–H and O–H groups in total. The fourth-order valence-corrected chi connectivity index (χ4v) is 5.28. The van der Waals surface area contributed by atoms with Crippen molar-refractivity contribution >= 4 is 0 Å². The quantitative estimate of drug-likeness (QED) is 0.127. The summed E-state index contributed by atoms with van der Waals surface area (Å²) in [5.41, 5.74) is 16.6. The van der Waals surface area contributed by atoms with Crippen LogP contribution >= 0.6 is 0 Å². The van der Waals surface area contributed by atoms with Crippen LogP contribution in [0.4, 0.5) is 0 Å². The van der Waals surface area contributed by atoms with E-state index in [4.69, 9.17) is 40.9 Å². The molecule has 0 bridgehead atoms. The van der Waals surface area contributed by atoms with Crippen molar-refractivity contribution in [1.29, 1.82) is 0 Å². The highest BCUT2D eigenvalue weighted by atomic mass is 16.7. The average molecular weight is 593 g/mol. The van der Waals surface area contributed by atoms with Gasteiger partial charge in [-0.1, -0.05) is 6.07 Å². The second kappa shape index (κ2) is 13.4. The summed E-state index contributed by atoms with van der Waals surface area (Å²) in [7, 11) is 0. The molecule has 0 spiro atoms. The van der Waals surface area contributed by atoms with Crippen LogP contribution in [0.25, 0.3) is 0 Å². The third kappa shape index (κ3) is 6.41. The largest absolute Gasteiger partial charge is 0.394 e. The number of rotatable bonds is 9. The van der Waals surface area contributed by atoms with Gasteiger partial charge in [0.2, 0.25) is 0 Å². The molecule has 3 fully saturated rings. The molecular weight excluding hydrogens is 552 g/mol. The molecule has 3 aliphatic rings. The van der Waals surface area contributed by atoms with Crippen LogP contribution in [-0.2, 0) is 30.1 Å². The van der Waals surface area contributed by atoms with Gasteiger partial charge in [-0.05, 0) is 12.1 Å². The van der Waals surface area contributed by atoms with Crippen LogP contribution in [-0.4, -0.2) is 157 Å². The van der Waals surface area contributed by atoms with Crippen molar-refractivity contribution in [2.75, 3.05) is 19.8 Å². The molecule has 17 nitrogen and oxygen atoms in total. The molecule has 0 aliphatic carbocycles. The second-order valence-corrected chi connectivity index (χ2v) is 10.5. The molecule has 0 saturated carbocycles. The fraction of sp³-hybridized carbons (Fsp3) is 0.792. The van der Waals surface area contributed by atoms with Crippen LogP contribution in [0.2, 0.25) is 0 Å². The first-order valence-corrected chi connectivity index (χ1v) is 13.2. The maximum Gasteiger partial charge on any atom is 0.176 e. The van der Waals surface area contributed by atoms with E-state index in [-0.39, 0.29) is 6.42 Å². The number of hydrogen-bond donors (Lipinski definition) is 11. The summed E-state index contributed by atoms with van der Waals surface area (Å²) in [6.45, 7) is -2.15. The molecule has 4 rings (SSSR count). The fourth-order valence-electron chi connectivity index (χ4n) is 5.28. The van der Waals surface area contributed by atoms with Crippen LogP contribution in [0.3, 0.4) is 0 Å². The molecule has 0 radical (unpaired) electrons. The highest BCUT2D eigenvalue weighted by Crippen LogP contribution is 2.35. The van der Waals surface area contributed by atoms with Crippen molar-refractivity contribution in [3.8, 4) is 0 Å². The minimum Gasteiger partial charge on any atom is -0.394 e. The van der Waals surface area contributed by atoms with Crippen molar-refractivity contribution in [1.82, 2.24) is 4.98 Å². The maximum absolute atomic E-state index is 11.1. The Kier molecular flexibility index (Phi) is 10.6. The molecule has 15 atom stereocenters. The van der Waals surface area contributed by atoms with Gasteiger partial charge in [0.15, 0.2) is 18.9 Å². The predicted octanol–water partition coefficient (Wildman–Crippen LogP) is -6.67. The maximum atomic E-state index is 11.1. The molecule has 41 heavy (non-hydrogen) atoms. The third-order valence-electron chi connectivity index (χ3n) is 7.80. The normalized spacial score (nSPS) is 47.3. The van der Waals surface area contributed by atoms with E-state index in [9.17, 15) is 40.9 Å². The van der Waals surface area contributed by atoms with Crippen LogP contribution in [0.1, 0.15) is 5.69 Å². The van der Waals surface area contributed by atoms with Gasteiger partial charge in [0.05, 0.1) is 37.9 Å². The van der Waals surface area contributed by atoms with Gasteiger partial charge in [0, 0.05) is 18.3 Å². The average Bonchev–Trinajstić information content (AvgIpc) is 2.98. The van der Waals surface area contributed by atoms with Crippen LogP contribution in [0, 0.1) is 0 Å². The number of aliphatic hydroxyl groups excluding tert-OH is 8. The lowest BCUT2D eigenvalue weighted by Gasteiger charge is -2.51. The number of hydrogen-bond acceptors (Lipinski definition) is 17. The Balaban J connectivity index is 1.51. The van der Waals surface area contributed by atoms with E-state index in [1.165, 1.54) is 6.20 Å². The zero-order chi connectivity index (χ0) is 30.1. The van der Waals surface area contributed by atoms with E-state index in [2.05, 4.69) is 4.98 Å². The molecule has 0 aromatic carbocycles. The minimum absolute atomic E-state index is 0.133. The topological polar surface area (TPSA) is 299 Å². The Labute approximate surface area is 235 Å². The predicted molar refractivity (Wildman–Crippen MR) is 134 cm³/mol. The number of ether oxygens (including phenoxy) is 5. The molecule has 2 unspecified atom stereocenters. The van der Waals surface area contributed by atoms with Gasteiger partial charge in [0.25, 0.3) is 0 Å². The van der Waals surface area contributed by atoms with Gasteiger partial charge in [-0.2, -0.15) is 0 Å². The van der Waals surface area contributed by atoms with Gasteiger partial charge < -0.3 is 81.7 Å². The first kappa shape index (κ1) is 32.4. The van der Waals surface area contributed by atoms with E-state index >= 15 is 0 Å². The van der Waals surface area contributed by atoms with Crippen LogP contribution in [0.15, 0.2) is 24.4 Å². The Morgan fingerprint density at radius 1 is 0.780 bits per heavy atom. The lowest BCUT2D eigenvalue weighted by Crippen LogP contribution is -2.72. The smallest absolute Gasteiger partial charge is 0.176 e. The van der Waals surface area contributed by atoms with E-state index in [0.29, 0.717) is 5.69 Å². The zero-order valence-electron chi connectivity index (χ0n) is 22.0. The Morgan fingerprint density at radius 2 is 1.37 bits per heavy atom. The van der Waals surface area contributed by atoms with E-state index in [1.54, 1.807) is 18.2 Å². The lowest BCUT2D eigenvalue weighted by molar-refractivity contribution is -0.360. The van der Waals surface area contributed by atoms with E-state index in [0.717, 1.165) is 0 Å². The number of nitrogens with two attached hydrogens (primary N) is 3. The molecule has 3 saturated heterocycles. The first-order chi connectivity index (χ1) is 19.5. The number of aliphatic hydroxyl groups is 8. The molecule has 1 aromatic heterocycles. The summed E-state index contributed by atoms with van der Waals surface area (Å²) in [5.74, 6) is 0. The molecule has 0 amide bonds. The second-order valence-electron chi connectivity index (χ2n) is 10.5. The van der Waals surface area contributed by atoms with Crippen molar-refractivity contribution in [3.63, 3.8) is 0 Å². The third-order valence-corrected chi connectivity index (χ3v) is 7.80. The van der Waals surface area contributed by atoms with Gasteiger partial charge >= 0.3 is 0 Å². The molecule has 17 heteroatoms. The summed E-state index contributed by atoms with van der Waals surface area (Å²) < 4.78 is 28.5. The van der Waals surface area contributed by atoms with Crippen molar-refractivity contribution in [3.05, 3.63) is 30.1 Å². The highest BCUT2D eigenvalue weighted by molar-refractivity contribution is 5.12. The Morgan fingerprint density at radius 3 is 1.95 bits per heavy atom. The standard InChI is InChI=1S/C24H40N4O13/c25-12-15(32)18(10(6-29)37-21(12)36)39-22-13(26)16(33)19(11(7-30)38-22)40-23-14(27)17(34)20(35)24(8-31,41-23)5-9-3-1-2-4-28-9/h1-4,10-23,29-36H,5-8,25-27H2/t10-,11-,12-,13-,14-,15-,16-,17-,18?,19?,20+,21-,22+,23+,24-/m1/s1. The SMILES string of the molecule is N[C@H]1[C@@H](OC2[C@@H](CO)O[C@@H](OC3[C@@H](CO)O[C@@H](O)[C@H](N)[C@H]3O)[C@H](N)[C@H]2O)O[C@@](CO)(Cc2ccccn2)[C@@H](O)[C@@H]1O. The molecule has 4 heterocycles.